The Morgan fingerprint density at radius 1 is 1.29 bits per heavy atom. The van der Waals surface area contributed by atoms with Crippen molar-refractivity contribution in [3.63, 3.8) is 0 Å². The summed E-state index contributed by atoms with van der Waals surface area (Å²) < 4.78 is 0. The summed E-state index contributed by atoms with van der Waals surface area (Å²) in [4.78, 5) is 36.8. The largest absolute Gasteiger partial charge is 0.480 e. The Hall–Kier alpha value is -1.79. The first-order valence-corrected chi connectivity index (χ1v) is 7.38. The Morgan fingerprint density at radius 2 is 1.95 bits per heavy atom. The molecule has 2 atom stereocenters. The zero-order chi connectivity index (χ0) is 16.0. The molecular weight excluding hydrogens is 274 g/mol. The molecule has 1 heterocycles. The van der Waals surface area contributed by atoms with E-state index >= 15 is 0 Å². The molecule has 0 aromatic heterocycles. The molecule has 21 heavy (non-hydrogen) atoms. The molecule has 0 aromatic carbocycles. The van der Waals surface area contributed by atoms with Gasteiger partial charge in [0, 0.05) is 13.6 Å². The highest BCUT2D eigenvalue weighted by Crippen LogP contribution is 2.17. The summed E-state index contributed by atoms with van der Waals surface area (Å²) in [6, 6.07) is -1.92. The minimum Gasteiger partial charge on any atom is -0.480 e. The van der Waals surface area contributed by atoms with E-state index in [1.54, 1.807) is 0 Å². The van der Waals surface area contributed by atoms with Crippen molar-refractivity contribution in [1.82, 2.24) is 15.5 Å². The van der Waals surface area contributed by atoms with Crippen LogP contribution in [0.5, 0.6) is 0 Å². The number of carboxylic acid groups (broad SMARTS) is 1. The fraction of sp³-hybridized carbons (Fsp3) is 0.786. The number of piperidine rings is 1. The number of nitrogens with one attached hydrogen (secondary N) is 2. The molecule has 0 bridgehead atoms. The van der Waals surface area contributed by atoms with Gasteiger partial charge >= 0.3 is 12.0 Å². The van der Waals surface area contributed by atoms with Crippen LogP contribution in [0.4, 0.5) is 4.79 Å². The average Bonchev–Trinajstić information content (AvgIpc) is 2.45. The highest BCUT2D eigenvalue weighted by molar-refractivity contribution is 5.88. The third-order valence-corrected chi connectivity index (χ3v) is 3.62. The topological polar surface area (TPSA) is 98.7 Å². The SMILES string of the molecule is CNC(=O)C1CCCCN1C(=O)N[C@@H](CC(C)C)C(=O)O. The van der Waals surface area contributed by atoms with Gasteiger partial charge in [-0.2, -0.15) is 0 Å². The van der Waals surface area contributed by atoms with Gasteiger partial charge in [0.2, 0.25) is 5.91 Å². The van der Waals surface area contributed by atoms with Crippen molar-refractivity contribution >= 4 is 17.9 Å². The summed E-state index contributed by atoms with van der Waals surface area (Å²) in [6.07, 6.45) is 2.67. The number of carbonyl (C=O) groups is 3. The fourth-order valence-electron chi connectivity index (χ4n) is 2.54. The van der Waals surface area contributed by atoms with Crippen molar-refractivity contribution < 1.29 is 19.5 Å². The van der Waals surface area contributed by atoms with E-state index in [0.29, 0.717) is 19.4 Å². The van der Waals surface area contributed by atoms with Crippen LogP contribution in [0.25, 0.3) is 0 Å². The predicted octanol–water partition coefficient (Wildman–Crippen LogP) is 0.796. The Bertz CT molecular complexity index is 398. The normalized spacial score (nSPS) is 20.0. The maximum absolute atomic E-state index is 12.3. The minimum atomic E-state index is -1.05. The van der Waals surface area contributed by atoms with Gasteiger partial charge in [-0.15, -0.1) is 0 Å². The molecular formula is C14H25N3O4. The van der Waals surface area contributed by atoms with Crippen molar-refractivity contribution in [2.75, 3.05) is 13.6 Å². The van der Waals surface area contributed by atoms with E-state index in [1.807, 2.05) is 13.8 Å². The van der Waals surface area contributed by atoms with Crippen LogP contribution in [-0.4, -0.2) is 53.6 Å². The van der Waals surface area contributed by atoms with Gasteiger partial charge in [-0.3, -0.25) is 4.79 Å². The molecule has 1 unspecified atom stereocenters. The van der Waals surface area contributed by atoms with E-state index in [1.165, 1.54) is 11.9 Å². The number of rotatable bonds is 5. The molecule has 1 rings (SSSR count). The highest BCUT2D eigenvalue weighted by atomic mass is 16.4. The molecule has 1 aliphatic rings. The number of hydrogen-bond acceptors (Lipinski definition) is 3. The Balaban J connectivity index is 2.74. The van der Waals surface area contributed by atoms with Crippen molar-refractivity contribution in [3.05, 3.63) is 0 Å². The summed E-state index contributed by atoms with van der Waals surface area (Å²) in [5, 5.41) is 14.3. The molecule has 1 saturated heterocycles. The fourth-order valence-corrected chi connectivity index (χ4v) is 2.54. The van der Waals surface area contributed by atoms with Crippen LogP contribution >= 0.6 is 0 Å². The number of aliphatic carboxylic acids is 1. The van der Waals surface area contributed by atoms with Crippen LogP contribution in [0.2, 0.25) is 0 Å². The molecule has 1 fully saturated rings. The monoisotopic (exact) mass is 299 g/mol. The Labute approximate surface area is 125 Å². The molecule has 0 aromatic rings. The highest BCUT2D eigenvalue weighted by Gasteiger charge is 2.33. The lowest BCUT2D eigenvalue weighted by Crippen LogP contribution is -2.57. The molecule has 0 saturated carbocycles. The lowest BCUT2D eigenvalue weighted by Gasteiger charge is -2.35. The van der Waals surface area contributed by atoms with Crippen LogP contribution in [0.1, 0.15) is 39.5 Å². The van der Waals surface area contributed by atoms with Crippen molar-refractivity contribution in [2.24, 2.45) is 5.92 Å². The number of urea groups is 1. The van der Waals surface area contributed by atoms with Gasteiger partial charge in [0.05, 0.1) is 0 Å². The van der Waals surface area contributed by atoms with Crippen LogP contribution in [-0.2, 0) is 9.59 Å². The van der Waals surface area contributed by atoms with E-state index < -0.39 is 24.1 Å². The van der Waals surface area contributed by atoms with Gasteiger partial charge < -0.3 is 20.6 Å². The van der Waals surface area contributed by atoms with Crippen LogP contribution in [0.15, 0.2) is 0 Å². The summed E-state index contributed by atoms with van der Waals surface area (Å²) >= 11 is 0. The molecule has 0 spiro atoms. The van der Waals surface area contributed by atoms with E-state index in [9.17, 15) is 19.5 Å². The number of amides is 3. The van der Waals surface area contributed by atoms with Gasteiger partial charge in [-0.1, -0.05) is 13.8 Å². The molecule has 7 heteroatoms. The van der Waals surface area contributed by atoms with E-state index in [4.69, 9.17) is 0 Å². The summed E-state index contributed by atoms with van der Waals surface area (Å²) in [5.74, 6) is -1.10. The summed E-state index contributed by atoms with van der Waals surface area (Å²) in [5.41, 5.74) is 0. The molecule has 0 radical (unpaired) electrons. The zero-order valence-corrected chi connectivity index (χ0v) is 12.9. The molecule has 7 nitrogen and oxygen atoms in total. The minimum absolute atomic E-state index is 0.155. The maximum atomic E-state index is 12.3. The number of hydrogen-bond donors (Lipinski definition) is 3. The molecule has 1 aliphatic heterocycles. The summed E-state index contributed by atoms with van der Waals surface area (Å²) in [7, 11) is 1.53. The maximum Gasteiger partial charge on any atom is 0.326 e. The van der Waals surface area contributed by atoms with Gasteiger partial charge in [-0.05, 0) is 31.6 Å². The first-order valence-electron chi connectivity index (χ1n) is 7.38. The standard InChI is InChI=1S/C14H25N3O4/c1-9(2)8-10(13(19)20)16-14(21)17-7-5-4-6-11(17)12(18)15-3/h9-11H,4-8H2,1-3H3,(H,15,18)(H,16,21)(H,19,20)/t10-,11?/m0/s1. The summed E-state index contributed by atoms with van der Waals surface area (Å²) in [6.45, 7) is 4.27. The molecule has 3 N–H and O–H groups in total. The third-order valence-electron chi connectivity index (χ3n) is 3.62. The van der Waals surface area contributed by atoms with E-state index in [2.05, 4.69) is 10.6 Å². The van der Waals surface area contributed by atoms with Gasteiger partial charge in [0.1, 0.15) is 12.1 Å². The zero-order valence-electron chi connectivity index (χ0n) is 12.9. The van der Waals surface area contributed by atoms with Crippen LogP contribution in [0, 0.1) is 5.92 Å². The Kier molecular flexibility index (Phi) is 6.45. The van der Waals surface area contributed by atoms with Gasteiger partial charge in [0.15, 0.2) is 0 Å². The lowest BCUT2D eigenvalue weighted by atomic mass is 10.0. The number of carboxylic acids is 1. The van der Waals surface area contributed by atoms with Crippen LogP contribution in [0.3, 0.4) is 0 Å². The third kappa shape index (κ3) is 4.91. The lowest BCUT2D eigenvalue weighted by molar-refractivity contribution is -0.139. The molecule has 120 valence electrons. The molecule has 0 aliphatic carbocycles. The first-order chi connectivity index (χ1) is 9.86. The second-order valence-electron chi connectivity index (χ2n) is 5.79. The second kappa shape index (κ2) is 7.85. The number of nitrogens with zero attached hydrogens (tertiary/aromatic N) is 1. The van der Waals surface area contributed by atoms with Crippen LogP contribution < -0.4 is 10.6 Å². The van der Waals surface area contributed by atoms with Crippen molar-refractivity contribution in [3.8, 4) is 0 Å². The van der Waals surface area contributed by atoms with Crippen molar-refractivity contribution in [1.29, 1.82) is 0 Å². The predicted molar refractivity (Wildman–Crippen MR) is 77.8 cm³/mol. The average molecular weight is 299 g/mol. The van der Waals surface area contributed by atoms with Gasteiger partial charge in [0.25, 0.3) is 0 Å². The van der Waals surface area contributed by atoms with E-state index in [0.717, 1.165) is 12.8 Å². The number of likely N-dealkylation sites (tertiary alicyclic amines) is 1. The number of carbonyl (C=O) groups excluding carboxylic acids is 2. The van der Waals surface area contributed by atoms with E-state index in [-0.39, 0.29) is 11.8 Å². The van der Waals surface area contributed by atoms with Gasteiger partial charge in [-0.25, -0.2) is 9.59 Å². The number of likely N-dealkylation sites (N-methyl/N-ethyl adjacent to an activating group) is 1. The smallest absolute Gasteiger partial charge is 0.326 e. The molecule has 3 amide bonds. The quantitative estimate of drug-likeness (QED) is 0.699. The Morgan fingerprint density at radius 3 is 2.48 bits per heavy atom. The first kappa shape index (κ1) is 17.3. The van der Waals surface area contributed by atoms with Crippen molar-refractivity contribution in [2.45, 2.75) is 51.6 Å². The second-order valence-corrected chi connectivity index (χ2v) is 5.79.